The minimum absolute atomic E-state index is 0.0786. The fourth-order valence-corrected chi connectivity index (χ4v) is 4.77. The second-order valence-electron chi connectivity index (χ2n) is 7.27. The number of pyridine rings is 1. The van der Waals surface area contributed by atoms with Crippen LogP contribution in [0.2, 0.25) is 0 Å². The first-order chi connectivity index (χ1) is 16.0. The lowest BCUT2D eigenvalue weighted by Crippen LogP contribution is -2.31. The number of methoxy groups -OCH3 is 1. The first-order valence-corrected chi connectivity index (χ1v) is 10.7. The zero-order chi connectivity index (χ0) is 23.1. The Hall–Kier alpha value is -4.11. The van der Waals surface area contributed by atoms with Gasteiger partial charge in [0.1, 0.15) is 17.3 Å². The topological polar surface area (TPSA) is 92.6 Å². The molecule has 0 aliphatic carbocycles. The summed E-state index contributed by atoms with van der Waals surface area (Å²) in [4.78, 5) is 36.4. The quantitative estimate of drug-likeness (QED) is 0.436. The number of halogens is 1. The molecule has 9 heteroatoms. The van der Waals surface area contributed by atoms with E-state index >= 15 is 0 Å². The Kier molecular flexibility index (Phi) is 5.10. The molecular weight excluding hydrogens is 445 g/mol. The van der Waals surface area contributed by atoms with Gasteiger partial charge in [0.05, 0.1) is 28.9 Å². The number of hydrogen-bond acceptors (Lipinski definition) is 7. The Balaban J connectivity index is 1.67. The van der Waals surface area contributed by atoms with E-state index in [-0.39, 0.29) is 16.4 Å². The van der Waals surface area contributed by atoms with Crippen LogP contribution in [0.5, 0.6) is 5.75 Å². The maximum absolute atomic E-state index is 13.6. The van der Waals surface area contributed by atoms with Crippen molar-refractivity contribution in [1.82, 2.24) is 9.97 Å². The van der Waals surface area contributed by atoms with E-state index in [1.807, 2.05) is 0 Å². The molecule has 1 N–H and O–H groups in total. The highest BCUT2D eigenvalue weighted by molar-refractivity contribution is 7.22. The van der Waals surface area contributed by atoms with E-state index in [1.54, 1.807) is 37.4 Å². The Bertz CT molecular complexity index is 1420. The minimum Gasteiger partial charge on any atom is -0.503 e. The van der Waals surface area contributed by atoms with Gasteiger partial charge >= 0.3 is 0 Å². The molecule has 0 saturated heterocycles. The molecule has 0 radical (unpaired) electrons. The average Bonchev–Trinajstić information content (AvgIpc) is 3.37. The van der Waals surface area contributed by atoms with Crippen LogP contribution in [0.15, 0.2) is 78.2 Å². The molecule has 0 bridgehead atoms. The normalized spacial score (nSPS) is 16.0. The van der Waals surface area contributed by atoms with E-state index in [9.17, 15) is 19.1 Å². The van der Waals surface area contributed by atoms with Gasteiger partial charge in [-0.2, -0.15) is 0 Å². The molecule has 164 valence electrons. The van der Waals surface area contributed by atoms with Crippen LogP contribution in [0, 0.1) is 5.82 Å². The zero-order valence-corrected chi connectivity index (χ0v) is 18.0. The number of aliphatic hydroxyl groups is 1. The minimum atomic E-state index is -1.00. The van der Waals surface area contributed by atoms with E-state index in [1.165, 1.54) is 52.8 Å². The Morgan fingerprint density at radius 3 is 2.64 bits per heavy atom. The van der Waals surface area contributed by atoms with Gasteiger partial charge in [0, 0.05) is 6.20 Å². The molecule has 0 fully saturated rings. The van der Waals surface area contributed by atoms with Crippen LogP contribution in [-0.4, -0.2) is 33.9 Å². The second kappa shape index (κ2) is 8.10. The summed E-state index contributed by atoms with van der Waals surface area (Å²) in [5.74, 6) is -1.88. The summed E-state index contributed by atoms with van der Waals surface area (Å²) in [6.45, 7) is 0. The third-order valence-electron chi connectivity index (χ3n) is 5.33. The number of benzene rings is 2. The maximum atomic E-state index is 13.6. The van der Waals surface area contributed by atoms with Crippen molar-refractivity contribution in [2.75, 3.05) is 12.0 Å². The van der Waals surface area contributed by atoms with Crippen molar-refractivity contribution in [2.45, 2.75) is 6.04 Å². The molecule has 33 heavy (non-hydrogen) atoms. The predicted molar refractivity (Wildman–Crippen MR) is 121 cm³/mol. The number of aromatic nitrogens is 2. The van der Waals surface area contributed by atoms with Crippen molar-refractivity contribution in [3.8, 4) is 5.75 Å². The third kappa shape index (κ3) is 3.52. The molecule has 7 nitrogen and oxygen atoms in total. The number of carbonyl (C=O) groups excluding carboxylic acids is 2. The number of ketones is 1. The molecule has 0 saturated carbocycles. The number of carbonyl (C=O) groups is 2. The lowest BCUT2D eigenvalue weighted by molar-refractivity contribution is -0.117. The Labute approximate surface area is 191 Å². The number of nitrogens with zero attached hydrogens (tertiary/aromatic N) is 3. The van der Waals surface area contributed by atoms with Crippen LogP contribution in [0.1, 0.15) is 22.1 Å². The van der Waals surface area contributed by atoms with Crippen LogP contribution < -0.4 is 9.64 Å². The summed E-state index contributed by atoms with van der Waals surface area (Å²) in [6.07, 6.45) is 1.45. The Morgan fingerprint density at radius 2 is 1.94 bits per heavy atom. The summed E-state index contributed by atoms with van der Waals surface area (Å²) in [7, 11) is 1.55. The van der Waals surface area contributed by atoms with Crippen LogP contribution in [0.25, 0.3) is 10.2 Å². The maximum Gasteiger partial charge on any atom is 0.296 e. The van der Waals surface area contributed by atoms with Gasteiger partial charge in [-0.3, -0.25) is 19.5 Å². The van der Waals surface area contributed by atoms with Gasteiger partial charge in [0.25, 0.3) is 5.91 Å². The number of ether oxygens (including phenoxy) is 1. The molecule has 1 atom stereocenters. The number of amides is 1. The number of aliphatic hydroxyl groups excluding tert-OH is 1. The summed E-state index contributed by atoms with van der Waals surface area (Å²) in [5.41, 5.74) is 1.02. The fourth-order valence-electron chi connectivity index (χ4n) is 3.75. The van der Waals surface area contributed by atoms with Gasteiger partial charge in [0.2, 0.25) is 5.78 Å². The number of fused-ring (bicyclic) bond motifs is 1. The first-order valence-electron chi connectivity index (χ1n) is 9.90. The average molecular weight is 461 g/mol. The van der Waals surface area contributed by atoms with Crippen molar-refractivity contribution < 1.29 is 23.8 Å². The van der Waals surface area contributed by atoms with Gasteiger partial charge in [-0.15, -0.1) is 0 Å². The summed E-state index contributed by atoms with van der Waals surface area (Å²) in [6, 6.07) is 14.5. The Morgan fingerprint density at radius 1 is 1.15 bits per heavy atom. The van der Waals surface area contributed by atoms with Crippen LogP contribution >= 0.6 is 11.3 Å². The summed E-state index contributed by atoms with van der Waals surface area (Å²) >= 11 is 1.22. The molecule has 2 aromatic carbocycles. The SMILES string of the molecule is COc1ccc2nc(N3C(=O)C(O)=C(C(=O)c4ccccn4)C3c3ccc(F)cc3)sc2c1. The largest absolute Gasteiger partial charge is 0.503 e. The molecule has 1 amide bonds. The monoisotopic (exact) mass is 461 g/mol. The fraction of sp³-hybridized carbons (Fsp3) is 0.0833. The standard InChI is InChI=1S/C24H16FN3O4S/c1-32-15-9-10-16-18(12-15)33-24(27-16)28-20(13-5-7-14(25)8-6-13)19(22(30)23(28)31)21(29)17-4-2-3-11-26-17/h2-12,20,30H,1H3. The highest BCUT2D eigenvalue weighted by Gasteiger charge is 2.46. The van der Waals surface area contributed by atoms with Crippen LogP contribution in [0.4, 0.5) is 9.52 Å². The van der Waals surface area contributed by atoms with Crippen LogP contribution in [0.3, 0.4) is 0 Å². The molecule has 1 aliphatic heterocycles. The molecule has 1 unspecified atom stereocenters. The van der Waals surface area contributed by atoms with E-state index in [0.29, 0.717) is 16.8 Å². The summed E-state index contributed by atoms with van der Waals surface area (Å²) < 4.78 is 19.7. The first kappa shape index (κ1) is 20.8. The van der Waals surface area contributed by atoms with E-state index < -0.39 is 29.3 Å². The van der Waals surface area contributed by atoms with Gasteiger partial charge < -0.3 is 9.84 Å². The number of Topliss-reactive ketones (excluding diaryl/α,β-unsaturated/α-hetero) is 1. The third-order valence-corrected chi connectivity index (χ3v) is 6.34. The van der Waals surface area contributed by atoms with Gasteiger partial charge in [-0.1, -0.05) is 29.5 Å². The number of rotatable bonds is 5. The van der Waals surface area contributed by atoms with Crippen molar-refractivity contribution in [1.29, 1.82) is 0 Å². The molecule has 3 heterocycles. The lowest BCUT2D eigenvalue weighted by Gasteiger charge is -2.24. The van der Waals surface area contributed by atoms with E-state index in [0.717, 1.165) is 4.70 Å². The van der Waals surface area contributed by atoms with E-state index in [4.69, 9.17) is 4.74 Å². The smallest absolute Gasteiger partial charge is 0.296 e. The predicted octanol–water partition coefficient (Wildman–Crippen LogP) is 4.62. The zero-order valence-electron chi connectivity index (χ0n) is 17.2. The molecule has 5 rings (SSSR count). The molecule has 0 spiro atoms. The van der Waals surface area contributed by atoms with Crippen molar-refractivity contribution in [2.24, 2.45) is 0 Å². The second-order valence-corrected chi connectivity index (χ2v) is 8.27. The number of thiazole rings is 1. The lowest BCUT2D eigenvalue weighted by atomic mass is 9.94. The van der Waals surface area contributed by atoms with Gasteiger partial charge in [-0.05, 0) is 48.0 Å². The van der Waals surface area contributed by atoms with Crippen molar-refractivity contribution in [3.63, 3.8) is 0 Å². The van der Waals surface area contributed by atoms with Crippen molar-refractivity contribution >= 4 is 38.4 Å². The van der Waals surface area contributed by atoms with Crippen molar-refractivity contribution in [3.05, 3.63) is 95.3 Å². The molecular formula is C24H16FN3O4S. The molecule has 4 aromatic rings. The van der Waals surface area contributed by atoms with E-state index in [2.05, 4.69) is 9.97 Å². The highest BCUT2D eigenvalue weighted by atomic mass is 32.1. The number of anilines is 1. The molecule has 1 aliphatic rings. The highest BCUT2D eigenvalue weighted by Crippen LogP contribution is 2.44. The van der Waals surface area contributed by atoms with Gasteiger partial charge in [0.15, 0.2) is 10.9 Å². The van der Waals surface area contributed by atoms with Gasteiger partial charge in [-0.25, -0.2) is 9.37 Å². The molecule has 2 aromatic heterocycles. The summed E-state index contributed by atoms with van der Waals surface area (Å²) in [5, 5.41) is 11.1. The van der Waals surface area contributed by atoms with Crippen LogP contribution in [-0.2, 0) is 4.79 Å². The number of hydrogen-bond donors (Lipinski definition) is 1.